The van der Waals surface area contributed by atoms with Gasteiger partial charge in [-0.15, -0.1) is 0 Å². The SMILES string of the molecule is CN(C)CCN=CC1C(=O)NC(=S)N(CCC2=CCCCC2)C1=O. The summed E-state index contributed by atoms with van der Waals surface area (Å²) in [6.45, 7) is 1.85. The fraction of sp³-hybridized carbons (Fsp3) is 0.647. The van der Waals surface area contributed by atoms with Crippen molar-refractivity contribution in [3.63, 3.8) is 0 Å². The topological polar surface area (TPSA) is 65.0 Å². The van der Waals surface area contributed by atoms with Gasteiger partial charge in [-0.05, 0) is 58.4 Å². The van der Waals surface area contributed by atoms with Crippen molar-refractivity contribution in [1.82, 2.24) is 15.1 Å². The molecule has 0 radical (unpaired) electrons. The highest BCUT2D eigenvalue weighted by molar-refractivity contribution is 7.80. The number of aliphatic imine (C=N–C) groups is 1. The summed E-state index contributed by atoms with van der Waals surface area (Å²) in [7, 11) is 3.90. The second-order valence-electron chi connectivity index (χ2n) is 6.48. The van der Waals surface area contributed by atoms with E-state index in [1.54, 1.807) is 0 Å². The Morgan fingerprint density at radius 3 is 2.88 bits per heavy atom. The van der Waals surface area contributed by atoms with Gasteiger partial charge in [0.15, 0.2) is 11.0 Å². The Balaban J connectivity index is 1.95. The zero-order valence-corrected chi connectivity index (χ0v) is 15.3. The maximum absolute atomic E-state index is 12.6. The van der Waals surface area contributed by atoms with Crippen LogP contribution in [0.25, 0.3) is 0 Å². The smallest absolute Gasteiger partial charge is 0.246 e. The molecular weight excluding hydrogens is 324 g/mol. The Labute approximate surface area is 149 Å². The zero-order valence-electron chi connectivity index (χ0n) is 14.5. The quantitative estimate of drug-likeness (QED) is 0.326. The predicted octanol–water partition coefficient (Wildman–Crippen LogP) is 1.37. The summed E-state index contributed by atoms with van der Waals surface area (Å²) in [6.07, 6.45) is 9.19. The van der Waals surface area contributed by atoms with Crippen molar-refractivity contribution in [2.24, 2.45) is 10.9 Å². The molecule has 0 saturated carbocycles. The van der Waals surface area contributed by atoms with Crippen LogP contribution >= 0.6 is 12.2 Å². The molecule has 1 fully saturated rings. The monoisotopic (exact) mass is 350 g/mol. The highest BCUT2D eigenvalue weighted by Gasteiger charge is 2.37. The molecule has 0 aromatic heterocycles. The summed E-state index contributed by atoms with van der Waals surface area (Å²) >= 11 is 5.17. The molecule has 6 nitrogen and oxygen atoms in total. The van der Waals surface area contributed by atoms with E-state index < -0.39 is 5.92 Å². The van der Waals surface area contributed by atoms with Gasteiger partial charge < -0.3 is 10.2 Å². The summed E-state index contributed by atoms with van der Waals surface area (Å²) in [4.78, 5) is 32.4. The van der Waals surface area contributed by atoms with Crippen LogP contribution in [0.15, 0.2) is 16.6 Å². The maximum Gasteiger partial charge on any atom is 0.246 e. The number of allylic oxidation sites excluding steroid dienone is 1. The van der Waals surface area contributed by atoms with E-state index in [1.807, 2.05) is 19.0 Å². The number of likely N-dealkylation sites (N-methyl/N-ethyl adjacent to an activating group) is 1. The zero-order chi connectivity index (χ0) is 17.5. The average molecular weight is 350 g/mol. The van der Waals surface area contributed by atoms with Crippen LogP contribution in [0, 0.1) is 5.92 Å². The molecule has 0 aromatic carbocycles. The largest absolute Gasteiger partial charge is 0.308 e. The molecule has 24 heavy (non-hydrogen) atoms. The second kappa shape index (κ2) is 9.03. The van der Waals surface area contributed by atoms with E-state index in [2.05, 4.69) is 16.4 Å². The molecule has 0 spiro atoms. The first-order chi connectivity index (χ1) is 11.5. The first-order valence-corrected chi connectivity index (χ1v) is 8.88. The van der Waals surface area contributed by atoms with Crippen LogP contribution in [0.4, 0.5) is 0 Å². The van der Waals surface area contributed by atoms with Crippen LogP contribution in [0.3, 0.4) is 0 Å². The second-order valence-corrected chi connectivity index (χ2v) is 6.87. The van der Waals surface area contributed by atoms with Gasteiger partial charge in [0, 0.05) is 19.3 Å². The molecule has 0 aromatic rings. The Morgan fingerprint density at radius 2 is 2.21 bits per heavy atom. The number of nitrogens with one attached hydrogen (secondary N) is 1. The molecule has 2 aliphatic rings. The maximum atomic E-state index is 12.6. The Kier molecular flexibility index (Phi) is 7.05. The van der Waals surface area contributed by atoms with Gasteiger partial charge in [0.05, 0.1) is 6.54 Å². The Bertz CT molecular complexity index is 557. The highest BCUT2D eigenvalue weighted by Crippen LogP contribution is 2.21. The number of nitrogens with zero attached hydrogens (tertiary/aromatic N) is 3. The molecule has 2 rings (SSSR count). The first-order valence-electron chi connectivity index (χ1n) is 8.48. The number of hydrogen-bond acceptors (Lipinski definition) is 5. The van der Waals surface area contributed by atoms with Gasteiger partial charge in [-0.1, -0.05) is 11.6 Å². The molecule has 1 unspecified atom stereocenters. The number of hydrogen-bond donors (Lipinski definition) is 1. The van der Waals surface area contributed by atoms with Gasteiger partial charge in [0.25, 0.3) is 0 Å². The molecule has 1 aliphatic heterocycles. The van der Waals surface area contributed by atoms with Gasteiger partial charge in [0.2, 0.25) is 11.8 Å². The van der Waals surface area contributed by atoms with E-state index in [4.69, 9.17) is 12.2 Å². The van der Waals surface area contributed by atoms with E-state index in [1.165, 1.54) is 29.5 Å². The molecule has 0 bridgehead atoms. The van der Waals surface area contributed by atoms with Crippen LogP contribution in [0.2, 0.25) is 0 Å². The third kappa shape index (κ3) is 5.21. The van der Waals surface area contributed by atoms with Crippen molar-refractivity contribution in [3.8, 4) is 0 Å². The molecule has 7 heteroatoms. The van der Waals surface area contributed by atoms with E-state index in [-0.39, 0.29) is 16.9 Å². The third-order valence-corrected chi connectivity index (χ3v) is 4.58. The van der Waals surface area contributed by atoms with Crippen molar-refractivity contribution in [3.05, 3.63) is 11.6 Å². The van der Waals surface area contributed by atoms with Crippen molar-refractivity contribution in [2.45, 2.75) is 32.1 Å². The number of carbonyl (C=O) groups is 2. The third-order valence-electron chi connectivity index (χ3n) is 4.26. The number of carbonyl (C=O) groups excluding carboxylic acids is 2. The summed E-state index contributed by atoms with van der Waals surface area (Å²) < 4.78 is 0. The summed E-state index contributed by atoms with van der Waals surface area (Å²) in [5, 5.41) is 2.83. The summed E-state index contributed by atoms with van der Waals surface area (Å²) in [5.74, 6) is -1.53. The van der Waals surface area contributed by atoms with E-state index in [9.17, 15) is 9.59 Å². The van der Waals surface area contributed by atoms with Crippen LogP contribution < -0.4 is 5.32 Å². The Hall–Kier alpha value is -1.60. The lowest BCUT2D eigenvalue weighted by Gasteiger charge is -2.31. The van der Waals surface area contributed by atoms with Gasteiger partial charge in [0.1, 0.15) is 0 Å². The Morgan fingerprint density at radius 1 is 1.42 bits per heavy atom. The number of amides is 2. The minimum absolute atomic E-state index is 0.208. The van der Waals surface area contributed by atoms with Crippen molar-refractivity contribution in [2.75, 3.05) is 33.7 Å². The van der Waals surface area contributed by atoms with E-state index >= 15 is 0 Å². The molecule has 1 aliphatic carbocycles. The number of thiocarbonyl (C=S) groups is 1. The summed E-state index contributed by atoms with van der Waals surface area (Å²) in [5.41, 5.74) is 1.38. The molecular formula is C17H26N4O2S. The lowest BCUT2D eigenvalue weighted by Crippen LogP contribution is -2.58. The van der Waals surface area contributed by atoms with Crippen LogP contribution in [-0.2, 0) is 9.59 Å². The minimum Gasteiger partial charge on any atom is -0.308 e. The molecule has 1 saturated heterocycles. The lowest BCUT2D eigenvalue weighted by molar-refractivity contribution is -0.137. The molecule has 1 N–H and O–H groups in total. The van der Waals surface area contributed by atoms with Gasteiger partial charge >= 0.3 is 0 Å². The van der Waals surface area contributed by atoms with E-state index in [0.717, 1.165) is 25.8 Å². The molecule has 2 amide bonds. The average Bonchev–Trinajstić information content (AvgIpc) is 2.54. The number of rotatable bonds is 7. The van der Waals surface area contributed by atoms with Crippen molar-refractivity contribution >= 4 is 35.4 Å². The van der Waals surface area contributed by atoms with Crippen LogP contribution in [0.5, 0.6) is 0 Å². The summed E-state index contributed by atoms with van der Waals surface area (Å²) in [6, 6.07) is 0. The fourth-order valence-corrected chi connectivity index (χ4v) is 3.08. The molecule has 132 valence electrons. The standard InChI is InChI=1S/C17H26N4O2S/c1-20(2)11-9-18-12-14-15(22)19-17(24)21(16(14)23)10-8-13-6-4-3-5-7-13/h6,12,14H,3-5,7-11H2,1-2H3,(H,19,22,24). The minimum atomic E-state index is -0.876. The van der Waals surface area contributed by atoms with Gasteiger partial charge in [-0.2, -0.15) is 0 Å². The predicted molar refractivity (Wildman–Crippen MR) is 99.0 cm³/mol. The highest BCUT2D eigenvalue weighted by atomic mass is 32.1. The van der Waals surface area contributed by atoms with E-state index in [0.29, 0.717) is 13.1 Å². The molecule has 1 atom stereocenters. The molecule has 1 heterocycles. The van der Waals surface area contributed by atoms with Gasteiger partial charge in [-0.3, -0.25) is 19.5 Å². The first kappa shape index (κ1) is 18.7. The van der Waals surface area contributed by atoms with Crippen molar-refractivity contribution in [1.29, 1.82) is 0 Å². The van der Waals surface area contributed by atoms with Gasteiger partial charge in [-0.25, -0.2) is 0 Å². The van der Waals surface area contributed by atoms with Crippen LogP contribution in [0.1, 0.15) is 32.1 Å². The lowest BCUT2D eigenvalue weighted by atomic mass is 9.97. The normalized spacial score (nSPS) is 22.3. The van der Waals surface area contributed by atoms with Crippen LogP contribution in [-0.4, -0.2) is 66.7 Å². The van der Waals surface area contributed by atoms with Crippen molar-refractivity contribution < 1.29 is 9.59 Å². The fourth-order valence-electron chi connectivity index (χ4n) is 2.80.